The minimum Gasteiger partial charge on any atom is -0.468 e. The molecule has 15 heavy (non-hydrogen) atoms. The van der Waals surface area contributed by atoms with Crippen LogP contribution in [0.25, 0.3) is 0 Å². The number of likely N-dealkylation sites (N-methyl/N-ethyl adjacent to an activating group) is 1. The van der Waals surface area contributed by atoms with E-state index in [1.807, 2.05) is 32.0 Å². The standard InChI is InChI=1S/C12H17NO2/c1-8-5-6-9(2)10(7-8)11(13-3)12(14)15-4/h5-7,11,13H,1-4H3. The van der Waals surface area contributed by atoms with Gasteiger partial charge in [-0.3, -0.25) is 0 Å². The van der Waals surface area contributed by atoms with Crippen molar-refractivity contribution >= 4 is 5.97 Å². The Morgan fingerprint density at radius 2 is 2.07 bits per heavy atom. The summed E-state index contributed by atoms with van der Waals surface area (Å²) in [6.45, 7) is 4.00. The summed E-state index contributed by atoms with van der Waals surface area (Å²) in [5.74, 6) is -0.258. The molecular weight excluding hydrogens is 190 g/mol. The van der Waals surface area contributed by atoms with Gasteiger partial charge >= 0.3 is 5.97 Å². The molecule has 0 aromatic heterocycles. The maximum atomic E-state index is 11.5. The van der Waals surface area contributed by atoms with Gasteiger partial charge in [-0.1, -0.05) is 23.8 Å². The van der Waals surface area contributed by atoms with E-state index in [2.05, 4.69) is 5.32 Å². The molecule has 1 N–H and O–H groups in total. The highest BCUT2D eigenvalue weighted by molar-refractivity contribution is 5.78. The zero-order valence-corrected chi connectivity index (χ0v) is 9.63. The van der Waals surface area contributed by atoms with Crippen LogP contribution in [0, 0.1) is 13.8 Å². The monoisotopic (exact) mass is 207 g/mol. The van der Waals surface area contributed by atoms with E-state index in [9.17, 15) is 4.79 Å². The summed E-state index contributed by atoms with van der Waals surface area (Å²) in [5, 5.41) is 2.96. The van der Waals surface area contributed by atoms with Crippen LogP contribution in [0.4, 0.5) is 0 Å². The molecule has 0 aliphatic heterocycles. The summed E-state index contributed by atoms with van der Waals surface area (Å²) in [4.78, 5) is 11.5. The molecule has 82 valence electrons. The quantitative estimate of drug-likeness (QED) is 0.767. The molecule has 1 unspecified atom stereocenters. The van der Waals surface area contributed by atoms with Gasteiger partial charge < -0.3 is 10.1 Å². The van der Waals surface area contributed by atoms with Gasteiger partial charge in [-0.15, -0.1) is 0 Å². The van der Waals surface area contributed by atoms with Crippen molar-refractivity contribution in [2.45, 2.75) is 19.9 Å². The number of hydrogen-bond donors (Lipinski definition) is 1. The largest absolute Gasteiger partial charge is 0.468 e. The third-order valence-electron chi connectivity index (χ3n) is 2.47. The number of esters is 1. The molecule has 1 rings (SSSR count). The Morgan fingerprint density at radius 3 is 2.60 bits per heavy atom. The Balaban J connectivity index is 3.11. The Bertz CT molecular complexity index is 361. The number of benzene rings is 1. The molecule has 0 saturated carbocycles. The van der Waals surface area contributed by atoms with E-state index in [1.165, 1.54) is 7.11 Å². The van der Waals surface area contributed by atoms with Crippen LogP contribution in [0.3, 0.4) is 0 Å². The van der Waals surface area contributed by atoms with Crippen LogP contribution in [0.2, 0.25) is 0 Å². The first kappa shape index (κ1) is 11.7. The fourth-order valence-electron chi connectivity index (χ4n) is 1.59. The lowest BCUT2D eigenvalue weighted by atomic mass is 9.99. The van der Waals surface area contributed by atoms with Gasteiger partial charge in [0.1, 0.15) is 6.04 Å². The van der Waals surface area contributed by atoms with Gasteiger partial charge in [0.15, 0.2) is 0 Å². The predicted octanol–water partition coefficient (Wildman–Crippen LogP) is 1.74. The molecule has 0 fully saturated rings. The maximum absolute atomic E-state index is 11.5. The van der Waals surface area contributed by atoms with Crippen molar-refractivity contribution in [3.05, 3.63) is 34.9 Å². The van der Waals surface area contributed by atoms with Crippen molar-refractivity contribution in [2.24, 2.45) is 0 Å². The summed E-state index contributed by atoms with van der Waals surface area (Å²) >= 11 is 0. The fraction of sp³-hybridized carbons (Fsp3) is 0.417. The molecule has 1 atom stereocenters. The Morgan fingerprint density at radius 1 is 1.40 bits per heavy atom. The molecule has 0 amide bonds. The number of carbonyl (C=O) groups is 1. The summed E-state index contributed by atoms with van der Waals surface area (Å²) in [5.41, 5.74) is 3.20. The highest BCUT2D eigenvalue weighted by Crippen LogP contribution is 2.19. The van der Waals surface area contributed by atoms with E-state index in [1.54, 1.807) is 7.05 Å². The molecule has 1 aromatic carbocycles. The van der Waals surface area contributed by atoms with Crippen LogP contribution in [0.5, 0.6) is 0 Å². The van der Waals surface area contributed by atoms with E-state index in [-0.39, 0.29) is 12.0 Å². The topological polar surface area (TPSA) is 38.3 Å². The molecule has 0 aliphatic rings. The zero-order chi connectivity index (χ0) is 11.4. The lowest BCUT2D eigenvalue weighted by molar-refractivity contribution is -0.143. The normalized spacial score (nSPS) is 12.3. The third-order valence-corrected chi connectivity index (χ3v) is 2.47. The van der Waals surface area contributed by atoms with Crippen molar-refractivity contribution in [3.63, 3.8) is 0 Å². The minimum atomic E-state index is -0.380. The van der Waals surface area contributed by atoms with Gasteiger partial charge in [-0.2, -0.15) is 0 Å². The Labute approximate surface area is 90.4 Å². The molecule has 0 heterocycles. The van der Waals surface area contributed by atoms with Crippen molar-refractivity contribution in [1.82, 2.24) is 5.32 Å². The minimum absolute atomic E-state index is 0.258. The second-order valence-electron chi connectivity index (χ2n) is 3.60. The first-order chi connectivity index (χ1) is 7.10. The molecule has 0 spiro atoms. The Kier molecular flexibility index (Phi) is 3.86. The summed E-state index contributed by atoms with van der Waals surface area (Å²) in [7, 11) is 3.15. The average Bonchev–Trinajstić information content (AvgIpc) is 2.23. The number of aryl methyl sites for hydroxylation is 2. The number of hydrogen-bond acceptors (Lipinski definition) is 3. The van der Waals surface area contributed by atoms with Gasteiger partial charge in [0.2, 0.25) is 0 Å². The summed E-state index contributed by atoms with van der Waals surface area (Å²) < 4.78 is 4.75. The number of ether oxygens (including phenoxy) is 1. The van der Waals surface area contributed by atoms with Crippen LogP contribution in [0.15, 0.2) is 18.2 Å². The lowest BCUT2D eigenvalue weighted by Crippen LogP contribution is -2.27. The van der Waals surface area contributed by atoms with Gasteiger partial charge in [0.25, 0.3) is 0 Å². The number of rotatable bonds is 3. The first-order valence-electron chi connectivity index (χ1n) is 4.92. The molecule has 3 nitrogen and oxygen atoms in total. The molecule has 0 bridgehead atoms. The second-order valence-corrected chi connectivity index (χ2v) is 3.60. The third kappa shape index (κ3) is 2.57. The van der Waals surface area contributed by atoms with E-state index in [4.69, 9.17) is 4.74 Å². The maximum Gasteiger partial charge on any atom is 0.327 e. The van der Waals surface area contributed by atoms with Crippen LogP contribution < -0.4 is 5.32 Å². The molecule has 1 aromatic rings. The van der Waals surface area contributed by atoms with E-state index < -0.39 is 0 Å². The lowest BCUT2D eigenvalue weighted by Gasteiger charge is -2.16. The van der Waals surface area contributed by atoms with Crippen LogP contribution in [0.1, 0.15) is 22.7 Å². The van der Waals surface area contributed by atoms with Crippen LogP contribution >= 0.6 is 0 Å². The molecule has 0 saturated heterocycles. The predicted molar refractivity (Wildman–Crippen MR) is 59.7 cm³/mol. The van der Waals surface area contributed by atoms with Gasteiger partial charge in [0.05, 0.1) is 7.11 Å². The van der Waals surface area contributed by atoms with Crippen molar-refractivity contribution in [3.8, 4) is 0 Å². The Hall–Kier alpha value is -1.35. The molecule has 3 heteroatoms. The number of carbonyl (C=O) groups excluding carboxylic acids is 1. The van der Waals surface area contributed by atoms with E-state index in [0.29, 0.717) is 0 Å². The summed E-state index contributed by atoms with van der Waals surface area (Å²) in [6, 6.07) is 5.67. The SMILES string of the molecule is CNC(C(=O)OC)c1cc(C)ccc1C. The van der Waals surface area contributed by atoms with Gasteiger partial charge in [-0.25, -0.2) is 4.79 Å². The van der Waals surface area contributed by atoms with E-state index in [0.717, 1.165) is 16.7 Å². The van der Waals surface area contributed by atoms with Gasteiger partial charge in [-0.05, 0) is 32.0 Å². The van der Waals surface area contributed by atoms with Crippen LogP contribution in [-0.2, 0) is 9.53 Å². The molecule has 0 aliphatic carbocycles. The smallest absolute Gasteiger partial charge is 0.327 e. The number of methoxy groups -OCH3 is 1. The second kappa shape index (κ2) is 4.94. The molecular formula is C12H17NO2. The van der Waals surface area contributed by atoms with Crippen molar-refractivity contribution < 1.29 is 9.53 Å². The van der Waals surface area contributed by atoms with Crippen LogP contribution in [-0.4, -0.2) is 20.1 Å². The zero-order valence-electron chi connectivity index (χ0n) is 9.63. The summed E-state index contributed by atoms with van der Waals surface area (Å²) in [6.07, 6.45) is 0. The average molecular weight is 207 g/mol. The first-order valence-corrected chi connectivity index (χ1v) is 4.92. The van der Waals surface area contributed by atoms with E-state index >= 15 is 0 Å². The fourth-order valence-corrected chi connectivity index (χ4v) is 1.59. The van der Waals surface area contributed by atoms with Gasteiger partial charge in [0, 0.05) is 0 Å². The highest BCUT2D eigenvalue weighted by Gasteiger charge is 2.20. The van der Waals surface area contributed by atoms with Crippen molar-refractivity contribution in [1.29, 1.82) is 0 Å². The van der Waals surface area contributed by atoms with Crippen molar-refractivity contribution in [2.75, 3.05) is 14.2 Å². The highest BCUT2D eigenvalue weighted by atomic mass is 16.5. The molecule has 0 radical (unpaired) electrons. The number of nitrogens with one attached hydrogen (secondary N) is 1.